The molecule has 102 valence electrons. The van der Waals surface area contributed by atoms with E-state index in [1.54, 1.807) is 12.4 Å². The summed E-state index contributed by atoms with van der Waals surface area (Å²) in [5.41, 5.74) is 1.55. The maximum Gasteiger partial charge on any atom is 0.180 e. The van der Waals surface area contributed by atoms with Crippen LogP contribution in [0.3, 0.4) is 0 Å². The smallest absolute Gasteiger partial charge is 0.180 e. The lowest BCUT2D eigenvalue weighted by atomic mass is 10.3. The molecule has 0 radical (unpaired) electrons. The van der Waals surface area contributed by atoms with Gasteiger partial charge in [-0.15, -0.1) is 12.3 Å². The van der Waals surface area contributed by atoms with Gasteiger partial charge in [0.05, 0.1) is 0 Å². The van der Waals surface area contributed by atoms with Gasteiger partial charge in [0.1, 0.15) is 11.3 Å². The molecule has 1 aliphatic rings. The summed E-state index contributed by atoms with van der Waals surface area (Å²) in [4.78, 5) is 17.8. The van der Waals surface area contributed by atoms with Crippen LogP contribution in [0.25, 0.3) is 11.2 Å². The minimum atomic E-state index is 0.708. The van der Waals surface area contributed by atoms with Crippen LogP contribution in [0.15, 0.2) is 24.5 Å². The molecule has 3 heterocycles. The van der Waals surface area contributed by atoms with Crippen molar-refractivity contribution in [2.75, 3.05) is 37.6 Å². The number of anilines is 1. The average molecular weight is 267 g/mol. The number of hydrogen-bond acceptors (Lipinski definition) is 5. The third kappa shape index (κ3) is 2.70. The first-order chi connectivity index (χ1) is 9.86. The van der Waals surface area contributed by atoms with Crippen molar-refractivity contribution in [3.63, 3.8) is 0 Å². The Labute approximate surface area is 118 Å². The predicted molar refractivity (Wildman–Crippen MR) is 79.4 cm³/mol. The molecule has 5 nitrogen and oxygen atoms in total. The molecule has 0 spiro atoms. The van der Waals surface area contributed by atoms with Crippen molar-refractivity contribution in [3.05, 3.63) is 24.5 Å². The van der Waals surface area contributed by atoms with E-state index in [4.69, 9.17) is 6.42 Å². The summed E-state index contributed by atoms with van der Waals surface area (Å²) >= 11 is 0. The van der Waals surface area contributed by atoms with E-state index in [1.807, 2.05) is 12.1 Å². The van der Waals surface area contributed by atoms with Gasteiger partial charge in [-0.05, 0) is 12.1 Å². The Morgan fingerprint density at radius 2 is 1.90 bits per heavy atom. The van der Waals surface area contributed by atoms with Crippen molar-refractivity contribution in [3.8, 4) is 12.3 Å². The fourth-order valence-corrected chi connectivity index (χ4v) is 2.44. The zero-order valence-electron chi connectivity index (χ0n) is 11.4. The number of terminal acetylenes is 1. The van der Waals surface area contributed by atoms with Gasteiger partial charge in [0.15, 0.2) is 5.65 Å². The minimum absolute atomic E-state index is 0.708. The molecule has 1 fully saturated rings. The fourth-order valence-electron chi connectivity index (χ4n) is 2.44. The molecule has 5 heteroatoms. The Kier molecular flexibility index (Phi) is 3.75. The molecule has 0 aliphatic carbocycles. The number of pyridine rings is 1. The zero-order chi connectivity index (χ0) is 13.8. The highest BCUT2D eigenvalue weighted by molar-refractivity contribution is 5.71. The standard InChI is InChI=1S/C15H17N5/c1-2-3-8-19-9-11-20(12-10-19)14-5-4-13-15(18-14)17-7-6-16-13/h1,4-7H,3,8-12H2. The van der Waals surface area contributed by atoms with Crippen molar-refractivity contribution in [1.29, 1.82) is 0 Å². The summed E-state index contributed by atoms with van der Waals surface area (Å²) in [6, 6.07) is 4.00. The Morgan fingerprint density at radius 3 is 2.70 bits per heavy atom. The molecule has 2 aromatic heterocycles. The van der Waals surface area contributed by atoms with Crippen LogP contribution in [0.2, 0.25) is 0 Å². The van der Waals surface area contributed by atoms with Gasteiger partial charge in [0.2, 0.25) is 0 Å². The van der Waals surface area contributed by atoms with E-state index < -0.39 is 0 Å². The molecule has 20 heavy (non-hydrogen) atoms. The number of fused-ring (bicyclic) bond motifs is 1. The van der Waals surface area contributed by atoms with Gasteiger partial charge in [-0.2, -0.15) is 0 Å². The summed E-state index contributed by atoms with van der Waals surface area (Å²) in [6.45, 7) is 5.00. The molecule has 0 bridgehead atoms. The summed E-state index contributed by atoms with van der Waals surface area (Å²) < 4.78 is 0. The Morgan fingerprint density at radius 1 is 1.10 bits per heavy atom. The van der Waals surface area contributed by atoms with E-state index in [2.05, 4.69) is 30.7 Å². The molecule has 3 rings (SSSR count). The number of nitrogens with zero attached hydrogens (tertiary/aromatic N) is 5. The molecular weight excluding hydrogens is 250 g/mol. The van der Waals surface area contributed by atoms with Gasteiger partial charge in [0, 0.05) is 51.5 Å². The molecule has 0 atom stereocenters. The second-order valence-electron chi connectivity index (χ2n) is 4.85. The molecule has 0 aromatic carbocycles. The van der Waals surface area contributed by atoms with Gasteiger partial charge < -0.3 is 4.90 Å². The number of piperazine rings is 1. The topological polar surface area (TPSA) is 45.2 Å². The SMILES string of the molecule is C#CCCN1CCN(c2ccc3nccnc3n2)CC1. The van der Waals surface area contributed by atoms with Crippen LogP contribution >= 0.6 is 0 Å². The molecular formula is C15H17N5. The zero-order valence-corrected chi connectivity index (χ0v) is 11.4. The molecule has 0 saturated carbocycles. The maximum atomic E-state index is 5.31. The van der Waals surface area contributed by atoms with Crippen LogP contribution < -0.4 is 4.90 Å². The molecule has 2 aromatic rings. The third-order valence-electron chi connectivity index (χ3n) is 3.59. The molecule has 1 saturated heterocycles. The first-order valence-corrected chi connectivity index (χ1v) is 6.85. The lowest BCUT2D eigenvalue weighted by Gasteiger charge is -2.35. The highest BCUT2D eigenvalue weighted by Crippen LogP contribution is 2.16. The summed E-state index contributed by atoms with van der Waals surface area (Å²) in [6.07, 6.45) is 9.50. The number of hydrogen-bond donors (Lipinski definition) is 0. The maximum absolute atomic E-state index is 5.31. The first kappa shape index (κ1) is 12.8. The second-order valence-corrected chi connectivity index (χ2v) is 4.85. The van der Waals surface area contributed by atoms with E-state index in [0.29, 0.717) is 5.65 Å². The first-order valence-electron chi connectivity index (χ1n) is 6.85. The quantitative estimate of drug-likeness (QED) is 0.781. The lowest BCUT2D eigenvalue weighted by Crippen LogP contribution is -2.46. The molecule has 0 N–H and O–H groups in total. The van der Waals surface area contributed by atoms with E-state index in [9.17, 15) is 0 Å². The van der Waals surface area contributed by atoms with Gasteiger partial charge in [-0.3, -0.25) is 9.88 Å². The van der Waals surface area contributed by atoms with Crippen molar-refractivity contribution in [1.82, 2.24) is 19.9 Å². The van der Waals surface area contributed by atoms with E-state index in [0.717, 1.165) is 50.5 Å². The van der Waals surface area contributed by atoms with Crippen molar-refractivity contribution >= 4 is 17.0 Å². The third-order valence-corrected chi connectivity index (χ3v) is 3.59. The van der Waals surface area contributed by atoms with Gasteiger partial charge >= 0.3 is 0 Å². The predicted octanol–water partition coefficient (Wildman–Crippen LogP) is 1.17. The highest BCUT2D eigenvalue weighted by Gasteiger charge is 2.17. The lowest BCUT2D eigenvalue weighted by molar-refractivity contribution is 0.263. The fraction of sp³-hybridized carbons (Fsp3) is 0.400. The summed E-state index contributed by atoms with van der Waals surface area (Å²) in [5.74, 6) is 3.68. The van der Waals surface area contributed by atoms with Crippen LogP contribution in [0.4, 0.5) is 5.82 Å². The van der Waals surface area contributed by atoms with Crippen LogP contribution in [0, 0.1) is 12.3 Å². The van der Waals surface area contributed by atoms with Crippen LogP contribution in [-0.4, -0.2) is 52.6 Å². The minimum Gasteiger partial charge on any atom is -0.354 e. The van der Waals surface area contributed by atoms with Gasteiger partial charge in [-0.1, -0.05) is 0 Å². The van der Waals surface area contributed by atoms with E-state index in [1.165, 1.54) is 0 Å². The van der Waals surface area contributed by atoms with Crippen LogP contribution in [0.1, 0.15) is 6.42 Å². The van der Waals surface area contributed by atoms with Crippen molar-refractivity contribution in [2.45, 2.75) is 6.42 Å². The molecule has 1 aliphatic heterocycles. The van der Waals surface area contributed by atoms with E-state index >= 15 is 0 Å². The summed E-state index contributed by atoms with van der Waals surface area (Å²) in [7, 11) is 0. The Balaban J connectivity index is 1.69. The normalized spacial score (nSPS) is 16.2. The monoisotopic (exact) mass is 267 g/mol. The number of aromatic nitrogens is 3. The van der Waals surface area contributed by atoms with Crippen molar-refractivity contribution < 1.29 is 0 Å². The average Bonchev–Trinajstić information content (AvgIpc) is 2.53. The second kappa shape index (κ2) is 5.85. The largest absolute Gasteiger partial charge is 0.354 e. The Hall–Kier alpha value is -2.19. The molecule has 0 unspecified atom stereocenters. The van der Waals surface area contributed by atoms with Gasteiger partial charge in [0.25, 0.3) is 0 Å². The number of rotatable bonds is 3. The van der Waals surface area contributed by atoms with E-state index in [-0.39, 0.29) is 0 Å². The van der Waals surface area contributed by atoms with Crippen molar-refractivity contribution in [2.24, 2.45) is 0 Å². The highest BCUT2D eigenvalue weighted by atomic mass is 15.3. The van der Waals surface area contributed by atoms with Gasteiger partial charge in [-0.25, -0.2) is 9.97 Å². The van der Waals surface area contributed by atoms with Crippen LogP contribution in [0.5, 0.6) is 0 Å². The Bertz CT molecular complexity index is 625. The molecule has 0 amide bonds. The summed E-state index contributed by atoms with van der Waals surface area (Å²) in [5, 5.41) is 0. The van der Waals surface area contributed by atoms with Crippen LogP contribution in [-0.2, 0) is 0 Å².